The Hall–Kier alpha value is -1.58. The van der Waals surface area contributed by atoms with Crippen LogP contribution >= 0.6 is 0 Å². The molecule has 2 fully saturated rings. The van der Waals surface area contributed by atoms with Gasteiger partial charge in [0.25, 0.3) is 0 Å². The molecule has 1 aliphatic heterocycles. The molecule has 0 bridgehead atoms. The summed E-state index contributed by atoms with van der Waals surface area (Å²) in [6.45, 7) is 0.838. The zero-order valence-electron chi connectivity index (χ0n) is 12.4. The van der Waals surface area contributed by atoms with Gasteiger partial charge >= 0.3 is 6.03 Å². The van der Waals surface area contributed by atoms with Gasteiger partial charge in [0.05, 0.1) is 0 Å². The third-order valence-corrected chi connectivity index (χ3v) is 4.71. The molecular formula is C17H23FN2O. The maximum Gasteiger partial charge on any atom is 0.317 e. The van der Waals surface area contributed by atoms with Crippen LogP contribution in [0.1, 0.15) is 44.1 Å². The van der Waals surface area contributed by atoms with Gasteiger partial charge in [0.1, 0.15) is 5.82 Å². The molecule has 21 heavy (non-hydrogen) atoms. The molecule has 1 aromatic rings. The smallest absolute Gasteiger partial charge is 0.317 e. The molecule has 1 atom stereocenters. The number of nitrogens with one attached hydrogen (secondary N) is 1. The van der Waals surface area contributed by atoms with E-state index in [0.29, 0.717) is 6.04 Å². The molecule has 4 heteroatoms. The highest BCUT2D eigenvalue weighted by Crippen LogP contribution is 2.23. The van der Waals surface area contributed by atoms with Crippen molar-refractivity contribution in [1.29, 1.82) is 0 Å². The molecule has 1 N–H and O–H groups in total. The minimum absolute atomic E-state index is 0.0894. The van der Waals surface area contributed by atoms with E-state index in [-0.39, 0.29) is 17.9 Å². The zero-order chi connectivity index (χ0) is 14.7. The van der Waals surface area contributed by atoms with Crippen molar-refractivity contribution < 1.29 is 9.18 Å². The molecule has 114 valence electrons. The van der Waals surface area contributed by atoms with E-state index in [1.54, 1.807) is 0 Å². The highest BCUT2D eigenvalue weighted by Gasteiger charge is 2.30. The first-order valence-electron chi connectivity index (χ1n) is 8.04. The molecule has 3 rings (SSSR count). The zero-order valence-corrected chi connectivity index (χ0v) is 12.4. The number of carbonyl (C=O) groups is 1. The summed E-state index contributed by atoms with van der Waals surface area (Å²) in [5.41, 5.74) is 1.10. The summed E-state index contributed by atoms with van der Waals surface area (Å²) in [6, 6.07) is 7.33. The van der Waals surface area contributed by atoms with Gasteiger partial charge in [-0.2, -0.15) is 0 Å². The van der Waals surface area contributed by atoms with E-state index in [0.717, 1.165) is 44.2 Å². The Balaban J connectivity index is 1.59. The largest absolute Gasteiger partial charge is 0.335 e. The van der Waals surface area contributed by atoms with Gasteiger partial charge in [-0.05, 0) is 49.8 Å². The summed E-state index contributed by atoms with van der Waals surface area (Å²) in [5, 5.41) is 3.17. The minimum Gasteiger partial charge on any atom is -0.335 e. The van der Waals surface area contributed by atoms with Crippen LogP contribution in [-0.4, -0.2) is 29.6 Å². The molecule has 1 aromatic carbocycles. The molecular weight excluding hydrogens is 267 g/mol. The molecule has 0 radical (unpaired) electrons. The summed E-state index contributed by atoms with van der Waals surface area (Å²) in [4.78, 5) is 14.4. The van der Waals surface area contributed by atoms with E-state index in [1.165, 1.54) is 25.0 Å². The number of likely N-dealkylation sites (tertiary alicyclic amines) is 1. The Morgan fingerprint density at radius 3 is 2.57 bits per heavy atom. The number of hydrogen-bond donors (Lipinski definition) is 1. The first-order chi connectivity index (χ1) is 10.2. The monoisotopic (exact) mass is 290 g/mol. The highest BCUT2D eigenvalue weighted by atomic mass is 19.1. The Kier molecular flexibility index (Phi) is 4.42. The van der Waals surface area contributed by atoms with Gasteiger partial charge in [0, 0.05) is 18.6 Å². The number of halogens is 1. The predicted octanol–water partition coefficient (Wildman–Crippen LogP) is 3.48. The van der Waals surface area contributed by atoms with Crippen molar-refractivity contribution in [2.45, 2.75) is 57.0 Å². The fraction of sp³-hybridized carbons (Fsp3) is 0.588. The van der Waals surface area contributed by atoms with Crippen molar-refractivity contribution in [3.63, 3.8) is 0 Å². The lowest BCUT2D eigenvalue weighted by molar-refractivity contribution is 0.188. The van der Waals surface area contributed by atoms with Crippen molar-refractivity contribution in [2.24, 2.45) is 0 Å². The lowest BCUT2D eigenvalue weighted by Crippen LogP contribution is -2.46. The van der Waals surface area contributed by atoms with E-state index in [4.69, 9.17) is 0 Å². The van der Waals surface area contributed by atoms with Gasteiger partial charge in [-0.15, -0.1) is 0 Å². The van der Waals surface area contributed by atoms with E-state index in [9.17, 15) is 9.18 Å². The SMILES string of the molecule is O=C(NC1CCCC1)N1CCCC1Cc1ccc(F)cc1. The van der Waals surface area contributed by atoms with Crippen LogP contribution < -0.4 is 5.32 Å². The normalized spacial score (nSPS) is 22.7. The Bertz CT molecular complexity index is 482. The van der Waals surface area contributed by atoms with Crippen LogP contribution in [0.3, 0.4) is 0 Å². The summed E-state index contributed by atoms with van der Waals surface area (Å²) in [6.07, 6.45) is 7.59. The summed E-state index contributed by atoms with van der Waals surface area (Å²) in [7, 11) is 0. The van der Waals surface area contributed by atoms with E-state index < -0.39 is 0 Å². The number of benzene rings is 1. The first-order valence-corrected chi connectivity index (χ1v) is 8.04. The van der Waals surface area contributed by atoms with Crippen LogP contribution in [0.5, 0.6) is 0 Å². The molecule has 0 aromatic heterocycles. The second-order valence-electron chi connectivity index (χ2n) is 6.25. The van der Waals surface area contributed by atoms with Crippen molar-refractivity contribution in [2.75, 3.05) is 6.54 Å². The molecule has 0 spiro atoms. The predicted molar refractivity (Wildman–Crippen MR) is 80.6 cm³/mol. The molecule has 1 heterocycles. The molecule has 2 amide bonds. The fourth-order valence-corrected chi connectivity index (χ4v) is 3.54. The van der Waals surface area contributed by atoms with Gasteiger partial charge in [-0.25, -0.2) is 9.18 Å². The Morgan fingerprint density at radius 2 is 1.86 bits per heavy atom. The van der Waals surface area contributed by atoms with Gasteiger partial charge in [0.2, 0.25) is 0 Å². The molecule has 2 aliphatic rings. The van der Waals surface area contributed by atoms with Gasteiger partial charge in [-0.1, -0.05) is 25.0 Å². The number of carbonyl (C=O) groups excluding carboxylic acids is 1. The topological polar surface area (TPSA) is 32.3 Å². The van der Waals surface area contributed by atoms with E-state index >= 15 is 0 Å². The molecule has 1 saturated carbocycles. The number of urea groups is 1. The molecule has 1 saturated heterocycles. The highest BCUT2D eigenvalue weighted by molar-refractivity contribution is 5.75. The maximum atomic E-state index is 13.0. The van der Waals surface area contributed by atoms with Crippen LogP contribution in [-0.2, 0) is 6.42 Å². The maximum absolute atomic E-state index is 13.0. The lowest BCUT2D eigenvalue weighted by atomic mass is 10.0. The second-order valence-corrected chi connectivity index (χ2v) is 6.25. The first kappa shape index (κ1) is 14.4. The second kappa shape index (κ2) is 6.46. The van der Waals surface area contributed by atoms with Crippen molar-refractivity contribution in [3.05, 3.63) is 35.6 Å². The third kappa shape index (κ3) is 3.55. The van der Waals surface area contributed by atoms with Crippen molar-refractivity contribution >= 4 is 6.03 Å². The van der Waals surface area contributed by atoms with Crippen LogP contribution in [0.2, 0.25) is 0 Å². The quantitative estimate of drug-likeness (QED) is 0.908. The number of rotatable bonds is 3. The number of amides is 2. The summed E-state index contributed by atoms with van der Waals surface area (Å²) in [5.74, 6) is -0.207. The van der Waals surface area contributed by atoms with Gasteiger partial charge < -0.3 is 10.2 Å². The van der Waals surface area contributed by atoms with Crippen LogP contribution in [0.25, 0.3) is 0 Å². The van der Waals surface area contributed by atoms with E-state index in [2.05, 4.69) is 5.32 Å². The van der Waals surface area contributed by atoms with E-state index in [1.807, 2.05) is 17.0 Å². The molecule has 1 unspecified atom stereocenters. The Labute approximate surface area is 125 Å². The number of nitrogens with zero attached hydrogens (tertiary/aromatic N) is 1. The fourth-order valence-electron chi connectivity index (χ4n) is 3.54. The van der Waals surface area contributed by atoms with Crippen LogP contribution in [0.4, 0.5) is 9.18 Å². The molecule has 3 nitrogen and oxygen atoms in total. The van der Waals surface area contributed by atoms with Gasteiger partial charge in [-0.3, -0.25) is 0 Å². The average Bonchev–Trinajstić information content (AvgIpc) is 3.13. The van der Waals surface area contributed by atoms with Crippen molar-refractivity contribution in [3.8, 4) is 0 Å². The summed E-state index contributed by atoms with van der Waals surface area (Å²) >= 11 is 0. The minimum atomic E-state index is -0.207. The van der Waals surface area contributed by atoms with Crippen LogP contribution in [0.15, 0.2) is 24.3 Å². The molecule has 1 aliphatic carbocycles. The van der Waals surface area contributed by atoms with Crippen molar-refractivity contribution in [1.82, 2.24) is 10.2 Å². The Morgan fingerprint density at radius 1 is 1.14 bits per heavy atom. The standard InChI is InChI=1S/C17H23FN2O/c18-14-9-7-13(8-10-14)12-16-6-3-11-20(16)17(21)19-15-4-1-2-5-15/h7-10,15-16H,1-6,11-12H2,(H,19,21). The lowest BCUT2D eigenvalue weighted by Gasteiger charge is -2.27. The average molecular weight is 290 g/mol. The van der Waals surface area contributed by atoms with Gasteiger partial charge in [0.15, 0.2) is 0 Å². The summed E-state index contributed by atoms with van der Waals surface area (Å²) < 4.78 is 13.0. The van der Waals surface area contributed by atoms with Crippen LogP contribution in [0, 0.1) is 5.82 Å². The number of hydrogen-bond acceptors (Lipinski definition) is 1. The third-order valence-electron chi connectivity index (χ3n) is 4.71.